The van der Waals surface area contributed by atoms with Gasteiger partial charge in [0, 0.05) is 10.8 Å². The Labute approximate surface area is 232 Å². The van der Waals surface area contributed by atoms with Crippen molar-refractivity contribution < 1.29 is 9.90 Å². The largest absolute Gasteiger partial charge is 0.456 e. The van der Waals surface area contributed by atoms with Crippen LogP contribution < -0.4 is 0 Å². The lowest BCUT2D eigenvalue weighted by Gasteiger charge is -2.18. The van der Waals surface area contributed by atoms with Gasteiger partial charge in [-0.2, -0.15) is 0 Å². The van der Waals surface area contributed by atoms with E-state index < -0.39 is 0 Å². The summed E-state index contributed by atoms with van der Waals surface area (Å²) in [6.07, 6.45) is 0. The van der Waals surface area contributed by atoms with Gasteiger partial charge in [-0.1, -0.05) is 127 Å². The predicted molar refractivity (Wildman–Crippen MR) is 165 cm³/mol. The maximum Gasteiger partial charge on any atom is 0.136 e. The molecule has 7 aromatic carbocycles. The molecule has 1 nitrogen and oxygen atoms in total. The average Bonchev–Trinajstić information content (AvgIpc) is 3.43. The molecule has 0 aliphatic heterocycles. The Hall–Kier alpha value is -5.14. The van der Waals surface area contributed by atoms with Crippen molar-refractivity contribution in [3.63, 3.8) is 0 Å². The summed E-state index contributed by atoms with van der Waals surface area (Å²) in [5.74, 6) is 0. The summed E-state index contributed by atoms with van der Waals surface area (Å²) in [5, 5.41) is 5.50. The highest BCUT2D eigenvalue weighted by Crippen LogP contribution is 2.44. The predicted octanol–water partition coefficient (Wildman–Crippen LogP) is 10.9. The number of hydrogen-bond acceptors (Lipinski definition) is 1. The van der Waals surface area contributed by atoms with E-state index in [2.05, 4.69) is 24.3 Å². The summed E-state index contributed by atoms with van der Waals surface area (Å²) >= 11 is 0. The molecule has 0 N–H and O–H groups in total. The van der Waals surface area contributed by atoms with Gasteiger partial charge in [-0.15, -0.1) is 0 Å². The van der Waals surface area contributed by atoms with E-state index in [0.717, 1.165) is 54.6 Å². The van der Waals surface area contributed by atoms with Crippen LogP contribution in [0.2, 0.25) is 0 Å². The highest BCUT2D eigenvalue weighted by molar-refractivity contribution is 6.21. The second-order valence-corrected chi connectivity index (χ2v) is 9.73. The summed E-state index contributed by atoms with van der Waals surface area (Å²) in [6.45, 7) is 0. The highest BCUT2D eigenvalue weighted by atomic mass is 16.3. The number of rotatable bonds is 3. The smallest absolute Gasteiger partial charge is 0.136 e. The van der Waals surface area contributed by atoms with E-state index in [1.54, 1.807) is 0 Å². The van der Waals surface area contributed by atoms with Crippen molar-refractivity contribution in [2.24, 2.45) is 0 Å². The molecule has 1 heteroatoms. The van der Waals surface area contributed by atoms with Gasteiger partial charge in [0.15, 0.2) is 0 Å². The van der Waals surface area contributed by atoms with Crippen molar-refractivity contribution in [2.45, 2.75) is 0 Å². The molecule has 1 heterocycles. The summed E-state index contributed by atoms with van der Waals surface area (Å²) in [7, 11) is 0. The lowest BCUT2D eigenvalue weighted by molar-refractivity contribution is 0.669. The zero-order chi connectivity index (χ0) is 29.2. The van der Waals surface area contributed by atoms with Gasteiger partial charge in [0.1, 0.15) is 11.2 Å². The van der Waals surface area contributed by atoms with E-state index in [1.807, 2.05) is 97.1 Å². The fourth-order valence-corrected chi connectivity index (χ4v) is 5.90. The molecule has 0 aliphatic rings. The van der Waals surface area contributed by atoms with Crippen molar-refractivity contribution >= 4 is 43.5 Å². The van der Waals surface area contributed by atoms with Crippen LogP contribution in [0, 0.1) is 0 Å². The molecule has 8 aromatic rings. The number of fused-ring (bicyclic) bond motifs is 5. The van der Waals surface area contributed by atoms with Gasteiger partial charge in [0.05, 0.1) is 5.48 Å². The second kappa shape index (κ2) is 8.72. The quantitative estimate of drug-likeness (QED) is 0.220. The number of para-hydroxylation sites is 1. The standard InChI is InChI=1S/C38H24O/c1-2-12-25(13-3-1)36-29-16-4-6-18-31(29)37(32-19-7-5-17-30(32)36)27-15-10-14-26(24-27)28-21-11-23-35-38(28)33-20-8-9-22-34(33)39-35/h1-24H/i10D,14D,15D,24D. The maximum absolute atomic E-state index is 9.65. The Morgan fingerprint density at radius 2 is 0.974 bits per heavy atom. The fourth-order valence-electron chi connectivity index (χ4n) is 5.90. The normalized spacial score (nSPS) is 13.0. The first kappa shape index (κ1) is 18.2. The number of benzene rings is 7. The third-order valence-corrected chi connectivity index (χ3v) is 7.54. The molecule has 1 aromatic heterocycles. The number of furan rings is 1. The first-order valence-corrected chi connectivity index (χ1v) is 13.0. The van der Waals surface area contributed by atoms with Crippen LogP contribution in [0.3, 0.4) is 0 Å². The summed E-state index contributed by atoms with van der Waals surface area (Å²) < 4.78 is 42.9. The average molecular weight is 501 g/mol. The first-order valence-electron chi connectivity index (χ1n) is 15.0. The third kappa shape index (κ3) is 3.41. The van der Waals surface area contributed by atoms with Gasteiger partial charge in [-0.3, -0.25) is 0 Å². The molecule has 39 heavy (non-hydrogen) atoms. The van der Waals surface area contributed by atoms with E-state index in [-0.39, 0.29) is 24.2 Å². The van der Waals surface area contributed by atoms with Crippen LogP contribution >= 0.6 is 0 Å². The Bertz CT molecular complexity index is 2330. The topological polar surface area (TPSA) is 13.1 Å². The zero-order valence-corrected chi connectivity index (χ0v) is 21.0. The van der Waals surface area contributed by atoms with E-state index in [1.165, 1.54) is 0 Å². The zero-order valence-electron chi connectivity index (χ0n) is 25.0. The molecule has 0 saturated heterocycles. The van der Waals surface area contributed by atoms with E-state index >= 15 is 0 Å². The molecule has 0 bridgehead atoms. The van der Waals surface area contributed by atoms with Gasteiger partial charge >= 0.3 is 0 Å². The SMILES string of the molecule is [2H]c1c([2H])c(-c2c3ccccc3c(-c3ccccc3)c3ccccc23)c([2H])c(-c2cccc3oc4ccccc4c23)c1[2H]. The van der Waals surface area contributed by atoms with Gasteiger partial charge in [0.25, 0.3) is 0 Å². The second-order valence-electron chi connectivity index (χ2n) is 9.73. The molecular formula is C38H24O. The van der Waals surface area contributed by atoms with E-state index in [0.29, 0.717) is 22.3 Å². The van der Waals surface area contributed by atoms with Crippen molar-refractivity contribution in [3.8, 4) is 33.4 Å². The minimum atomic E-state index is -0.203. The molecule has 182 valence electrons. The van der Waals surface area contributed by atoms with Crippen LogP contribution in [0.25, 0.3) is 76.9 Å². The summed E-state index contributed by atoms with van der Waals surface area (Å²) in [4.78, 5) is 0. The molecule has 0 unspecified atom stereocenters. The molecule has 0 radical (unpaired) electrons. The van der Waals surface area contributed by atoms with Crippen LogP contribution in [-0.4, -0.2) is 0 Å². The first-order chi connectivity index (χ1) is 21.0. The minimum Gasteiger partial charge on any atom is -0.456 e. The van der Waals surface area contributed by atoms with Crippen molar-refractivity contribution in [2.75, 3.05) is 0 Å². The van der Waals surface area contributed by atoms with Crippen molar-refractivity contribution in [1.82, 2.24) is 0 Å². The molecule has 0 spiro atoms. The molecule has 0 aliphatic carbocycles. The molecule has 0 amide bonds. The van der Waals surface area contributed by atoms with Crippen LogP contribution in [0.4, 0.5) is 0 Å². The van der Waals surface area contributed by atoms with Crippen molar-refractivity contribution in [3.05, 3.63) is 145 Å². The minimum absolute atomic E-state index is 0.0616. The molecular weight excluding hydrogens is 472 g/mol. The maximum atomic E-state index is 9.65. The molecule has 0 atom stereocenters. The van der Waals surface area contributed by atoms with Crippen LogP contribution in [0.15, 0.2) is 150 Å². The third-order valence-electron chi connectivity index (χ3n) is 7.54. The van der Waals surface area contributed by atoms with Crippen LogP contribution in [0.1, 0.15) is 5.48 Å². The Morgan fingerprint density at radius 1 is 0.436 bits per heavy atom. The monoisotopic (exact) mass is 500 g/mol. The molecule has 0 saturated carbocycles. The Kier molecular flexibility index (Phi) is 4.06. The van der Waals surface area contributed by atoms with Gasteiger partial charge in [-0.05, 0) is 73.1 Å². The lowest BCUT2D eigenvalue weighted by atomic mass is 9.85. The van der Waals surface area contributed by atoms with Gasteiger partial charge < -0.3 is 4.42 Å². The molecule has 0 fully saturated rings. The fraction of sp³-hybridized carbons (Fsp3) is 0. The van der Waals surface area contributed by atoms with E-state index in [4.69, 9.17) is 8.53 Å². The summed E-state index contributed by atoms with van der Waals surface area (Å²) in [5.41, 5.74) is 5.62. The van der Waals surface area contributed by atoms with Crippen molar-refractivity contribution in [1.29, 1.82) is 0 Å². The van der Waals surface area contributed by atoms with Gasteiger partial charge in [0.2, 0.25) is 0 Å². The summed E-state index contributed by atoms with van der Waals surface area (Å²) in [6, 6.07) is 39.4. The van der Waals surface area contributed by atoms with Crippen LogP contribution in [-0.2, 0) is 0 Å². The van der Waals surface area contributed by atoms with Gasteiger partial charge in [-0.25, -0.2) is 0 Å². The Balaban J connectivity index is 1.54. The molecule has 8 rings (SSSR count). The van der Waals surface area contributed by atoms with E-state index in [9.17, 15) is 1.37 Å². The Morgan fingerprint density at radius 3 is 1.67 bits per heavy atom. The number of hydrogen-bond donors (Lipinski definition) is 0. The highest BCUT2D eigenvalue weighted by Gasteiger charge is 2.17. The lowest BCUT2D eigenvalue weighted by Crippen LogP contribution is -1.91. The van der Waals surface area contributed by atoms with Crippen LogP contribution in [0.5, 0.6) is 0 Å².